The molecule has 0 saturated carbocycles. The number of rotatable bonds is 4. The molecule has 0 aliphatic carbocycles. The molecule has 0 spiro atoms. The molecule has 0 bridgehead atoms. The van der Waals surface area contributed by atoms with E-state index in [4.69, 9.17) is 5.11 Å². The first kappa shape index (κ1) is 14.3. The van der Waals surface area contributed by atoms with Crippen LogP contribution < -0.4 is 5.32 Å². The van der Waals surface area contributed by atoms with Gasteiger partial charge in [-0.15, -0.1) is 11.8 Å². The van der Waals surface area contributed by atoms with E-state index in [1.165, 1.54) is 25.6 Å². The molecule has 0 aliphatic heterocycles. The maximum absolute atomic E-state index is 11.9. The molecule has 18 heavy (non-hydrogen) atoms. The number of carbonyl (C=O) groups is 2. The van der Waals surface area contributed by atoms with Crippen LogP contribution in [-0.4, -0.2) is 23.2 Å². The lowest BCUT2D eigenvalue weighted by Gasteiger charge is -2.10. The number of benzene rings is 1. The number of hydrogen-bond donors (Lipinski definition) is 2. The van der Waals surface area contributed by atoms with Crippen molar-refractivity contribution in [3.63, 3.8) is 0 Å². The number of nitrogens with one attached hydrogen (secondary N) is 1. The topological polar surface area (TPSA) is 66.4 Å². The fourth-order valence-electron chi connectivity index (χ4n) is 1.29. The second-order valence-electron chi connectivity index (χ2n) is 3.71. The Labute approximate surface area is 110 Å². The third kappa shape index (κ3) is 3.37. The second kappa shape index (κ2) is 6.26. The minimum absolute atomic E-state index is 0.0501. The molecule has 4 nitrogen and oxygen atoms in total. The summed E-state index contributed by atoms with van der Waals surface area (Å²) >= 11 is 1.52. The number of hydrogen-bond acceptors (Lipinski definition) is 3. The number of aliphatic carboxylic acids is 1. The van der Waals surface area contributed by atoms with Gasteiger partial charge in [0.25, 0.3) is 5.91 Å². The number of para-hydroxylation sites is 1. The molecule has 0 fully saturated rings. The predicted molar refractivity (Wildman–Crippen MR) is 72.9 cm³/mol. The summed E-state index contributed by atoms with van der Waals surface area (Å²) in [5, 5.41) is 11.5. The van der Waals surface area contributed by atoms with E-state index >= 15 is 0 Å². The van der Waals surface area contributed by atoms with Crippen molar-refractivity contribution in [3.05, 3.63) is 35.4 Å². The van der Waals surface area contributed by atoms with Crippen LogP contribution in [0.2, 0.25) is 0 Å². The summed E-state index contributed by atoms with van der Waals surface area (Å²) in [6.07, 6.45) is 1.91. The van der Waals surface area contributed by atoms with Crippen LogP contribution in [0.3, 0.4) is 0 Å². The predicted octanol–water partition coefficient (Wildman–Crippen LogP) is 2.77. The molecule has 0 unspecified atom stereocenters. The van der Waals surface area contributed by atoms with Gasteiger partial charge in [-0.05, 0) is 32.2 Å². The number of carboxylic acid groups (broad SMARTS) is 1. The normalized spacial score (nSPS) is 11.7. The number of anilines is 1. The largest absolute Gasteiger partial charge is 0.478 e. The van der Waals surface area contributed by atoms with Crippen molar-refractivity contribution < 1.29 is 14.7 Å². The Bertz CT molecular complexity index is 509. The second-order valence-corrected chi connectivity index (χ2v) is 4.56. The smallest absolute Gasteiger partial charge is 0.331 e. The number of carboxylic acids is 1. The molecule has 0 atom stereocenters. The van der Waals surface area contributed by atoms with E-state index in [0.29, 0.717) is 5.69 Å². The quantitative estimate of drug-likeness (QED) is 0.649. The lowest BCUT2D eigenvalue weighted by atomic mass is 10.1. The highest BCUT2D eigenvalue weighted by molar-refractivity contribution is 7.98. The van der Waals surface area contributed by atoms with Gasteiger partial charge < -0.3 is 10.4 Å². The first-order valence-corrected chi connectivity index (χ1v) is 6.55. The Morgan fingerprint density at radius 2 is 1.78 bits per heavy atom. The zero-order chi connectivity index (χ0) is 13.7. The first-order valence-electron chi connectivity index (χ1n) is 5.32. The Balaban J connectivity index is 2.95. The van der Waals surface area contributed by atoms with Crippen LogP contribution in [0, 0.1) is 0 Å². The average Bonchev–Trinajstić information content (AvgIpc) is 2.37. The highest BCUT2D eigenvalue weighted by Gasteiger charge is 2.13. The molecule has 1 aromatic rings. The fourth-order valence-corrected chi connectivity index (χ4v) is 1.85. The monoisotopic (exact) mass is 265 g/mol. The maximum atomic E-state index is 11.9. The van der Waals surface area contributed by atoms with Gasteiger partial charge in [0, 0.05) is 16.0 Å². The Morgan fingerprint density at radius 3 is 2.33 bits per heavy atom. The molecule has 96 valence electrons. The zero-order valence-corrected chi connectivity index (χ0v) is 11.3. The van der Waals surface area contributed by atoms with E-state index in [9.17, 15) is 9.59 Å². The van der Waals surface area contributed by atoms with Gasteiger partial charge in [0.1, 0.15) is 0 Å². The van der Waals surface area contributed by atoms with E-state index in [1.54, 1.807) is 6.07 Å². The summed E-state index contributed by atoms with van der Waals surface area (Å²) < 4.78 is 0. The van der Waals surface area contributed by atoms with Crippen LogP contribution in [0.1, 0.15) is 13.8 Å². The highest BCUT2D eigenvalue weighted by atomic mass is 32.2. The lowest BCUT2D eigenvalue weighted by molar-refractivity contribution is -0.133. The summed E-state index contributed by atoms with van der Waals surface area (Å²) in [4.78, 5) is 23.6. The average molecular weight is 265 g/mol. The maximum Gasteiger partial charge on any atom is 0.331 e. The summed E-state index contributed by atoms with van der Waals surface area (Å²) in [6, 6.07) is 7.38. The molecule has 1 rings (SSSR count). The minimum Gasteiger partial charge on any atom is -0.478 e. The van der Waals surface area contributed by atoms with Gasteiger partial charge in [-0.1, -0.05) is 12.1 Å². The molecular weight excluding hydrogens is 250 g/mol. The van der Waals surface area contributed by atoms with E-state index in [1.807, 2.05) is 24.5 Å². The Hall–Kier alpha value is -1.75. The van der Waals surface area contributed by atoms with Crippen molar-refractivity contribution in [2.24, 2.45) is 0 Å². The Morgan fingerprint density at radius 1 is 1.17 bits per heavy atom. The first-order chi connectivity index (χ1) is 8.47. The van der Waals surface area contributed by atoms with Gasteiger partial charge in [0.15, 0.2) is 0 Å². The van der Waals surface area contributed by atoms with Crippen molar-refractivity contribution in [1.82, 2.24) is 0 Å². The van der Waals surface area contributed by atoms with Crippen molar-refractivity contribution >= 4 is 29.3 Å². The van der Waals surface area contributed by atoms with E-state index < -0.39 is 11.9 Å². The van der Waals surface area contributed by atoms with E-state index in [-0.39, 0.29) is 11.1 Å². The van der Waals surface area contributed by atoms with Crippen molar-refractivity contribution in [2.45, 2.75) is 18.7 Å². The zero-order valence-electron chi connectivity index (χ0n) is 10.5. The van der Waals surface area contributed by atoms with Crippen LogP contribution in [0.15, 0.2) is 40.3 Å². The van der Waals surface area contributed by atoms with Gasteiger partial charge in [0.2, 0.25) is 0 Å². The molecule has 2 N–H and O–H groups in total. The summed E-state index contributed by atoms with van der Waals surface area (Å²) in [5.41, 5.74) is 0.945. The molecule has 0 aliphatic rings. The SMILES string of the molecule is CSc1ccccc1NC(=O)/C(C)=C(/C)C(=O)O. The molecule has 0 radical (unpaired) electrons. The third-order valence-electron chi connectivity index (χ3n) is 2.58. The third-order valence-corrected chi connectivity index (χ3v) is 3.37. The van der Waals surface area contributed by atoms with Crippen LogP contribution in [0.5, 0.6) is 0 Å². The van der Waals surface area contributed by atoms with Gasteiger partial charge >= 0.3 is 5.97 Å². The van der Waals surface area contributed by atoms with Crippen LogP contribution in [0.4, 0.5) is 5.69 Å². The van der Waals surface area contributed by atoms with E-state index in [0.717, 1.165) is 4.90 Å². The highest BCUT2D eigenvalue weighted by Crippen LogP contribution is 2.25. The number of thioether (sulfide) groups is 1. The summed E-state index contributed by atoms with van der Waals surface area (Å²) in [7, 11) is 0. The standard InChI is InChI=1S/C13H15NO3S/c1-8(9(2)13(16)17)12(15)14-10-6-4-5-7-11(10)18-3/h4-7H,1-3H3,(H,14,15)(H,16,17)/b9-8-. The van der Waals surface area contributed by atoms with Gasteiger partial charge in [-0.2, -0.15) is 0 Å². The summed E-state index contributed by atoms with van der Waals surface area (Å²) in [6.45, 7) is 2.91. The van der Waals surface area contributed by atoms with Crippen LogP contribution in [0.25, 0.3) is 0 Å². The minimum atomic E-state index is -1.08. The van der Waals surface area contributed by atoms with Gasteiger partial charge in [-0.25, -0.2) is 4.79 Å². The lowest BCUT2D eigenvalue weighted by Crippen LogP contribution is -2.16. The van der Waals surface area contributed by atoms with Crippen molar-refractivity contribution in [1.29, 1.82) is 0 Å². The molecule has 1 aromatic carbocycles. The number of amides is 1. The molecule has 1 amide bonds. The molecule has 0 saturated heterocycles. The molecule has 5 heteroatoms. The number of carbonyl (C=O) groups excluding carboxylic acids is 1. The molecule has 0 heterocycles. The summed E-state index contributed by atoms with van der Waals surface area (Å²) in [5.74, 6) is -1.47. The fraction of sp³-hybridized carbons (Fsp3) is 0.231. The van der Waals surface area contributed by atoms with Crippen LogP contribution in [-0.2, 0) is 9.59 Å². The van der Waals surface area contributed by atoms with E-state index in [2.05, 4.69) is 5.32 Å². The van der Waals surface area contributed by atoms with Crippen LogP contribution >= 0.6 is 11.8 Å². The molecule has 0 aromatic heterocycles. The van der Waals surface area contributed by atoms with Crippen molar-refractivity contribution in [3.8, 4) is 0 Å². The van der Waals surface area contributed by atoms with Gasteiger partial charge in [-0.3, -0.25) is 4.79 Å². The Kier molecular flexibility index (Phi) is 4.97. The van der Waals surface area contributed by atoms with Gasteiger partial charge in [0.05, 0.1) is 5.69 Å². The molecular formula is C13H15NO3S. The van der Waals surface area contributed by atoms with Crippen molar-refractivity contribution in [2.75, 3.05) is 11.6 Å².